The molecular formula is C13H19N3O4. The van der Waals surface area contributed by atoms with Crippen LogP contribution < -0.4 is 0 Å². The zero-order chi connectivity index (χ0) is 14.7. The van der Waals surface area contributed by atoms with E-state index in [1.54, 1.807) is 22.7 Å². The molecule has 0 bridgehead atoms. The van der Waals surface area contributed by atoms with Gasteiger partial charge in [0.2, 0.25) is 5.91 Å². The molecule has 1 aromatic heterocycles. The number of amides is 1. The minimum absolute atomic E-state index is 0.0461. The third-order valence-electron chi connectivity index (χ3n) is 3.27. The predicted molar refractivity (Wildman–Crippen MR) is 70.1 cm³/mol. The molecule has 1 amide bonds. The van der Waals surface area contributed by atoms with E-state index in [1.807, 2.05) is 13.2 Å². The normalized spacial score (nSPS) is 22.8. The largest absolute Gasteiger partial charge is 0.479 e. The second-order valence-electron chi connectivity index (χ2n) is 5.09. The van der Waals surface area contributed by atoms with E-state index in [-0.39, 0.29) is 18.6 Å². The molecule has 110 valence electrons. The highest BCUT2D eigenvalue weighted by molar-refractivity contribution is 5.79. The van der Waals surface area contributed by atoms with Crippen LogP contribution in [0.1, 0.15) is 18.9 Å². The maximum absolute atomic E-state index is 12.1. The number of hydrogen-bond donors (Lipinski definition) is 1. The fourth-order valence-corrected chi connectivity index (χ4v) is 2.30. The molecule has 1 aliphatic heterocycles. The van der Waals surface area contributed by atoms with Crippen LogP contribution in [0.3, 0.4) is 0 Å². The maximum atomic E-state index is 12.1. The highest BCUT2D eigenvalue weighted by Crippen LogP contribution is 2.13. The van der Waals surface area contributed by atoms with Crippen LogP contribution in [0.2, 0.25) is 0 Å². The van der Waals surface area contributed by atoms with Crippen LogP contribution in [0.5, 0.6) is 0 Å². The van der Waals surface area contributed by atoms with Gasteiger partial charge in [0.15, 0.2) is 6.10 Å². The smallest absolute Gasteiger partial charge is 0.334 e. The number of hydrogen-bond acceptors (Lipinski definition) is 4. The van der Waals surface area contributed by atoms with Gasteiger partial charge in [-0.3, -0.25) is 9.48 Å². The molecule has 1 fully saturated rings. The number of carbonyl (C=O) groups excluding carboxylic acids is 1. The molecule has 0 spiro atoms. The number of carbonyl (C=O) groups is 2. The summed E-state index contributed by atoms with van der Waals surface area (Å²) in [6.45, 7) is 2.33. The molecule has 0 aromatic carbocycles. The Labute approximate surface area is 117 Å². The van der Waals surface area contributed by atoms with Crippen molar-refractivity contribution in [1.82, 2.24) is 14.7 Å². The lowest BCUT2D eigenvalue weighted by Gasteiger charge is -2.35. The van der Waals surface area contributed by atoms with Crippen LogP contribution in [-0.2, 0) is 27.8 Å². The van der Waals surface area contributed by atoms with Crippen molar-refractivity contribution in [1.29, 1.82) is 0 Å². The van der Waals surface area contributed by atoms with Gasteiger partial charge in [0.25, 0.3) is 0 Å². The molecule has 1 unspecified atom stereocenters. The Balaban J connectivity index is 1.89. The van der Waals surface area contributed by atoms with Crippen LogP contribution in [0.25, 0.3) is 0 Å². The quantitative estimate of drug-likeness (QED) is 0.843. The van der Waals surface area contributed by atoms with Gasteiger partial charge in [-0.05, 0) is 18.9 Å². The summed E-state index contributed by atoms with van der Waals surface area (Å²) in [4.78, 5) is 24.7. The summed E-state index contributed by atoms with van der Waals surface area (Å²) in [6, 6.07) is 0. The van der Waals surface area contributed by atoms with E-state index < -0.39 is 12.1 Å². The van der Waals surface area contributed by atoms with Crippen LogP contribution in [0.15, 0.2) is 12.4 Å². The highest BCUT2D eigenvalue weighted by Gasteiger charge is 2.32. The van der Waals surface area contributed by atoms with Crippen molar-refractivity contribution in [2.45, 2.75) is 32.0 Å². The summed E-state index contributed by atoms with van der Waals surface area (Å²) in [5, 5.41) is 13.0. The van der Waals surface area contributed by atoms with Gasteiger partial charge in [0.05, 0.1) is 18.8 Å². The van der Waals surface area contributed by atoms with E-state index in [2.05, 4.69) is 5.10 Å². The molecule has 7 heteroatoms. The Kier molecular flexibility index (Phi) is 4.39. The van der Waals surface area contributed by atoms with Crippen molar-refractivity contribution in [2.24, 2.45) is 7.05 Å². The van der Waals surface area contributed by atoms with E-state index in [0.717, 1.165) is 5.56 Å². The second-order valence-corrected chi connectivity index (χ2v) is 5.09. The minimum atomic E-state index is -1.03. The number of carboxylic acid groups (broad SMARTS) is 1. The summed E-state index contributed by atoms with van der Waals surface area (Å²) >= 11 is 0. The summed E-state index contributed by atoms with van der Waals surface area (Å²) in [7, 11) is 1.83. The van der Waals surface area contributed by atoms with Gasteiger partial charge in [-0.2, -0.15) is 5.10 Å². The molecule has 0 aliphatic carbocycles. The number of rotatable bonds is 4. The van der Waals surface area contributed by atoms with Crippen molar-refractivity contribution in [3.63, 3.8) is 0 Å². The number of aryl methyl sites for hydroxylation is 2. The number of aromatic nitrogens is 2. The zero-order valence-electron chi connectivity index (χ0n) is 11.7. The molecule has 20 heavy (non-hydrogen) atoms. The van der Waals surface area contributed by atoms with Gasteiger partial charge in [0.1, 0.15) is 0 Å². The van der Waals surface area contributed by atoms with Crippen molar-refractivity contribution < 1.29 is 19.4 Å². The number of aliphatic carboxylic acids is 1. The van der Waals surface area contributed by atoms with E-state index in [1.165, 1.54) is 0 Å². The Morgan fingerprint density at radius 2 is 2.25 bits per heavy atom. The van der Waals surface area contributed by atoms with E-state index in [9.17, 15) is 9.59 Å². The fraction of sp³-hybridized carbons (Fsp3) is 0.615. The summed E-state index contributed by atoms with van der Waals surface area (Å²) in [5.41, 5.74) is 0.997. The standard InChI is InChI=1S/C13H19N3O4/c1-9-6-16(8-11(20-9)13(18)19)12(17)4-3-10-5-14-15(2)7-10/h5,7,9,11H,3-4,6,8H2,1-2H3,(H,18,19)/t9-,11?/m1/s1. The minimum Gasteiger partial charge on any atom is -0.479 e. The predicted octanol–water partition coefficient (Wildman–Crippen LogP) is 0.0532. The van der Waals surface area contributed by atoms with Crippen LogP contribution in [0, 0.1) is 0 Å². The molecule has 2 atom stereocenters. The Morgan fingerprint density at radius 3 is 2.85 bits per heavy atom. The highest BCUT2D eigenvalue weighted by atomic mass is 16.5. The van der Waals surface area contributed by atoms with Gasteiger partial charge < -0.3 is 14.7 Å². The molecule has 1 aliphatic rings. The Morgan fingerprint density at radius 1 is 1.50 bits per heavy atom. The Hall–Kier alpha value is -1.89. The van der Waals surface area contributed by atoms with Gasteiger partial charge in [0, 0.05) is 26.2 Å². The fourth-order valence-electron chi connectivity index (χ4n) is 2.30. The molecule has 0 radical (unpaired) electrons. The van der Waals surface area contributed by atoms with E-state index in [4.69, 9.17) is 9.84 Å². The van der Waals surface area contributed by atoms with Gasteiger partial charge >= 0.3 is 5.97 Å². The first kappa shape index (κ1) is 14.5. The van der Waals surface area contributed by atoms with Crippen LogP contribution in [0.4, 0.5) is 0 Å². The molecule has 1 saturated heterocycles. The van der Waals surface area contributed by atoms with E-state index >= 15 is 0 Å². The monoisotopic (exact) mass is 281 g/mol. The summed E-state index contributed by atoms with van der Waals surface area (Å²) in [5.74, 6) is -1.07. The van der Waals surface area contributed by atoms with Gasteiger partial charge in [-0.25, -0.2) is 4.79 Å². The van der Waals surface area contributed by atoms with Crippen molar-refractivity contribution >= 4 is 11.9 Å². The van der Waals surface area contributed by atoms with Gasteiger partial charge in [-0.15, -0.1) is 0 Å². The lowest BCUT2D eigenvalue weighted by Crippen LogP contribution is -2.51. The van der Waals surface area contributed by atoms with Gasteiger partial charge in [-0.1, -0.05) is 0 Å². The zero-order valence-corrected chi connectivity index (χ0v) is 11.7. The molecule has 0 saturated carbocycles. The first-order valence-corrected chi connectivity index (χ1v) is 6.59. The molecule has 2 rings (SSSR count). The topological polar surface area (TPSA) is 84.7 Å². The molecule has 1 aromatic rings. The average molecular weight is 281 g/mol. The molecule has 2 heterocycles. The molecule has 1 N–H and O–H groups in total. The number of carboxylic acids is 1. The lowest BCUT2D eigenvalue weighted by atomic mass is 10.1. The first-order chi connectivity index (χ1) is 9.45. The van der Waals surface area contributed by atoms with Crippen molar-refractivity contribution in [3.8, 4) is 0 Å². The summed E-state index contributed by atoms with van der Waals surface area (Å²) < 4.78 is 6.98. The van der Waals surface area contributed by atoms with E-state index in [0.29, 0.717) is 19.4 Å². The Bertz CT molecular complexity index is 500. The third-order valence-corrected chi connectivity index (χ3v) is 3.27. The third kappa shape index (κ3) is 3.57. The maximum Gasteiger partial charge on any atom is 0.334 e. The molecular weight excluding hydrogens is 262 g/mol. The second kappa shape index (κ2) is 6.04. The van der Waals surface area contributed by atoms with Crippen molar-refractivity contribution in [3.05, 3.63) is 18.0 Å². The number of ether oxygens (including phenoxy) is 1. The number of morpholine rings is 1. The number of nitrogens with zero attached hydrogens (tertiary/aromatic N) is 3. The van der Waals surface area contributed by atoms with Crippen LogP contribution >= 0.6 is 0 Å². The van der Waals surface area contributed by atoms with Crippen molar-refractivity contribution in [2.75, 3.05) is 13.1 Å². The van der Waals surface area contributed by atoms with Crippen LogP contribution in [-0.4, -0.2) is 57.0 Å². The summed E-state index contributed by atoms with van der Waals surface area (Å²) in [6.07, 6.45) is 3.37. The first-order valence-electron chi connectivity index (χ1n) is 6.59. The average Bonchev–Trinajstić information content (AvgIpc) is 2.81. The SMILES string of the molecule is C[C@@H]1CN(C(=O)CCc2cnn(C)c2)CC(C(=O)O)O1. The lowest BCUT2D eigenvalue weighted by molar-refractivity contribution is -0.166. The molecule has 7 nitrogen and oxygen atoms in total.